The number of hydrogen-bond donors (Lipinski definition) is 1. The summed E-state index contributed by atoms with van der Waals surface area (Å²) in [7, 11) is 0. The predicted molar refractivity (Wildman–Crippen MR) is 93.9 cm³/mol. The number of fused-ring (bicyclic) bond motifs is 1. The number of carbonyl (C=O) groups is 1. The first-order valence-corrected chi connectivity index (χ1v) is 8.59. The van der Waals surface area contributed by atoms with Crippen molar-refractivity contribution in [2.45, 2.75) is 39.7 Å². The van der Waals surface area contributed by atoms with Gasteiger partial charge in [-0.1, -0.05) is 38.2 Å². The number of nitrogens with zero attached hydrogens (tertiary/aromatic N) is 3. The SMILES string of the molecule is CCc1nnc(NC(=O)Cn2ccc3cc(C(C)C)ccc32)s1. The highest BCUT2D eigenvalue weighted by atomic mass is 32.1. The minimum atomic E-state index is -0.0887. The molecule has 120 valence electrons. The van der Waals surface area contributed by atoms with Crippen LogP contribution in [0.25, 0.3) is 10.9 Å². The number of hydrogen-bond acceptors (Lipinski definition) is 4. The van der Waals surface area contributed by atoms with Crippen LogP contribution in [0.5, 0.6) is 0 Å². The lowest BCUT2D eigenvalue weighted by molar-refractivity contribution is -0.116. The van der Waals surface area contributed by atoms with Crippen molar-refractivity contribution in [1.29, 1.82) is 0 Å². The van der Waals surface area contributed by atoms with Crippen LogP contribution in [-0.2, 0) is 17.8 Å². The Balaban J connectivity index is 1.74. The average molecular weight is 328 g/mol. The molecule has 23 heavy (non-hydrogen) atoms. The fourth-order valence-corrected chi connectivity index (χ4v) is 3.17. The van der Waals surface area contributed by atoms with E-state index in [1.807, 2.05) is 17.7 Å². The lowest BCUT2D eigenvalue weighted by Gasteiger charge is -2.08. The first-order chi connectivity index (χ1) is 11.1. The van der Waals surface area contributed by atoms with Crippen LogP contribution >= 0.6 is 11.3 Å². The largest absolute Gasteiger partial charge is 0.338 e. The summed E-state index contributed by atoms with van der Waals surface area (Å²) in [5.74, 6) is 0.408. The number of nitrogens with one attached hydrogen (secondary N) is 1. The van der Waals surface area contributed by atoms with E-state index >= 15 is 0 Å². The summed E-state index contributed by atoms with van der Waals surface area (Å²) in [6, 6.07) is 8.44. The fourth-order valence-electron chi connectivity index (χ4n) is 2.48. The number of carbonyl (C=O) groups excluding carboxylic acids is 1. The second-order valence-electron chi connectivity index (χ2n) is 5.82. The minimum Gasteiger partial charge on any atom is -0.338 e. The number of anilines is 1. The summed E-state index contributed by atoms with van der Waals surface area (Å²) < 4.78 is 1.95. The number of rotatable bonds is 5. The molecule has 1 N–H and O–H groups in total. The van der Waals surface area contributed by atoms with Gasteiger partial charge in [0.2, 0.25) is 11.0 Å². The molecule has 2 aromatic heterocycles. The van der Waals surface area contributed by atoms with E-state index in [0.29, 0.717) is 11.0 Å². The van der Waals surface area contributed by atoms with E-state index in [2.05, 4.69) is 53.6 Å². The van der Waals surface area contributed by atoms with Crippen molar-refractivity contribution < 1.29 is 4.79 Å². The van der Waals surface area contributed by atoms with Gasteiger partial charge in [0.25, 0.3) is 0 Å². The van der Waals surface area contributed by atoms with Gasteiger partial charge >= 0.3 is 0 Å². The van der Waals surface area contributed by atoms with E-state index in [0.717, 1.165) is 22.3 Å². The zero-order valence-corrected chi connectivity index (χ0v) is 14.4. The Morgan fingerprint density at radius 1 is 1.30 bits per heavy atom. The van der Waals surface area contributed by atoms with Gasteiger partial charge in [-0.2, -0.15) is 0 Å². The molecule has 1 amide bonds. The molecule has 1 aromatic carbocycles. The van der Waals surface area contributed by atoms with Crippen LogP contribution < -0.4 is 5.32 Å². The molecule has 0 unspecified atom stereocenters. The van der Waals surface area contributed by atoms with Crippen molar-refractivity contribution in [3.05, 3.63) is 41.0 Å². The fraction of sp³-hybridized carbons (Fsp3) is 0.353. The van der Waals surface area contributed by atoms with E-state index in [1.54, 1.807) is 0 Å². The second kappa shape index (κ2) is 6.50. The molecule has 3 aromatic rings. The van der Waals surface area contributed by atoms with Crippen molar-refractivity contribution in [1.82, 2.24) is 14.8 Å². The van der Waals surface area contributed by atoms with E-state index in [-0.39, 0.29) is 12.5 Å². The van der Waals surface area contributed by atoms with Crippen molar-refractivity contribution in [3.63, 3.8) is 0 Å². The normalized spacial score (nSPS) is 11.3. The highest BCUT2D eigenvalue weighted by molar-refractivity contribution is 7.15. The van der Waals surface area contributed by atoms with E-state index in [4.69, 9.17) is 0 Å². The number of amides is 1. The Bertz CT molecular complexity index is 834. The molecular weight excluding hydrogens is 308 g/mol. The molecule has 0 aliphatic carbocycles. The maximum absolute atomic E-state index is 12.2. The molecular formula is C17H20N4OS. The van der Waals surface area contributed by atoms with E-state index in [1.165, 1.54) is 16.9 Å². The molecule has 0 aliphatic heterocycles. The molecule has 0 saturated heterocycles. The van der Waals surface area contributed by atoms with Gasteiger partial charge in [0.05, 0.1) is 0 Å². The summed E-state index contributed by atoms with van der Waals surface area (Å²) in [4.78, 5) is 12.2. The molecule has 0 fully saturated rings. The lowest BCUT2D eigenvalue weighted by Crippen LogP contribution is -2.18. The molecule has 0 aliphatic rings. The molecule has 0 radical (unpaired) electrons. The molecule has 5 nitrogen and oxygen atoms in total. The molecule has 0 saturated carbocycles. The smallest absolute Gasteiger partial charge is 0.246 e. The third-order valence-corrected chi connectivity index (χ3v) is 4.77. The summed E-state index contributed by atoms with van der Waals surface area (Å²) in [6.45, 7) is 6.64. The summed E-state index contributed by atoms with van der Waals surface area (Å²) >= 11 is 1.42. The van der Waals surface area contributed by atoms with Gasteiger partial charge in [-0.15, -0.1) is 10.2 Å². The predicted octanol–water partition coefficient (Wildman–Crippen LogP) is 3.82. The van der Waals surface area contributed by atoms with Gasteiger partial charge in [-0.05, 0) is 41.5 Å². The van der Waals surface area contributed by atoms with Crippen molar-refractivity contribution in [2.75, 3.05) is 5.32 Å². The van der Waals surface area contributed by atoms with Crippen LogP contribution in [-0.4, -0.2) is 20.7 Å². The Morgan fingerprint density at radius 2 is 2.13 bits per heavy atom. The third kappa shape index (κ3) is 3.42. The average Bonchev–Trinajstić information content (AvgIpc) is 3.14. The van der Waals surface area contributed by atoms with Gasteiger partial charge in [-0.3, -0.25) is 10.1 Å². The second-order valence-corrected chi connectivity index (χ2v) is 6.88. The van der Waals surface area contributed by atoms with Gasteiger partial charge in [0, 0.05) is 11.7 Å². The Kier molecular flexibility index (Phi) is 4.43. The summed E-state index contributed by atoms with van der Waals surface area (Å²) in [6.07, 6.45) is 2.78. The zero-order chi connectivity index (χ0) is 16.4. The quantitative estimate of drug-likeness (QED) is 0.774. The summed E-state index contributed by atoms with van der Waals surface area (Å²) in [5, 5.41) is 13.4. The van der Waals surface area contributed by atoms with Crippen molar-refractivity contribution >= 4 is 33.3 Å². The molecule has 3 rings (SSSR count). The van der Waals surface area contributed by atoms with E-state index in [9.17, 15) is 4.79 Å². The van der Waals surface area contributed by atoms with Crippen LogP contribution in [0, 0.1) is 0 Å². The lowest BCUT2D eigenvalue weighted by atomic mass is 10.0. The monoisotopic (exact) mass is 328 g/mol. The first-order valence-electron chi connectivity index (χ1n) is 7.78. The number of aromatic nitrogens is 3. The standard InChI is InChI=1S/C17H20N4OS/c1-4-16-19-20-17(23-16)18-15(22)10-21-8-7-13-9-12(11(2)3)5-6-14(13)21/h5-9,11H,4,10H2,1-3H3,(H,18,20,22). The van der Waals surface area contributed by atoms with Gasteiger partial charge < -0.3 is 4.57 Å². The summed E-state index contributed by atoms with van der Waals surface area (Å²) in [5.41, 5.74) is 2.37. The maximum atomic E-state index is 12.2. The maximum Gasteiger partial charge on any atom is 0.246 e. The van der Waals surface area contributed by atoms with Crippen LogP contribution in [0.15, 0.2) is 30.5 Å². The first kappa shape index (κ1) is 15.7. The van der Waals surface area contributed by atoms with E-state index < -0.39 is 0 Å². The van der Waals surface area contributed by atoms with Crippen molar-refractivity contribution in [2.24, 2.45) is 0 Å². The minimum absolute atomic E-state index is 0.0887. The Labute approximate surface area is 139 Å². The van der Waals surface area contributed by atoms with Gasteiger partial charge in [-0.25, -0.2) is 0 Å². The van der Waals surface area contributed by atoms with Crippen LogP contribution in [0.4, 0.5) is 5.13 Å². The highest BCUT2D eigenvalue weighted by Gasteiger charge is 2.10. The third-order valence-electron chi connectivity index (χ3n) is 3.79. The molecule has 2 heterocycles. The van der Waals surface area contributed by atoms with Crippen molar-refractivity contribution in [3.8, 4) is 0 Å². The van der Waals surface area contributed by atoms with Crippen LogP contribution in [0.3, 0.4) is 0 Å². The number of aryl methyl sites for hydroxylation is 1. The molecule has 0 spiro atoms. The number of benzene rings is 1. The Hall–Kier alpha value is -2.21. The van der Waals surface area contributed by atoms with Crippen LogP contribution in [0.1, 0.15) is 37.3 Å². The molecule has 6 heteroatoms. The van der Waals surface area contributed by atoms with Crippen LogP contribution in [0.2, 0.25) is 0 Å². The Morgan fingerprint density at radius 3 is 2.83 bits per heavy atom. The highest BCUT2D eigenvalue weighted by Crippen LogP contribution is 2.22. The zero-order valence-electron chi connectivity index (χ0n) is 13.5. The molecule has 0 bridgehead atoms. The van der Waals surface area contributed by atoms with Gasteiger partial charge in [0.1, 0.15) is 11.6 Å². The molecule has 0 atom stereocenters. The van der Waals surface area contributed by atoms with Gasteiger partial charge in [0.15, 0.2) is 0 Å². The topological polar surface area (TPSA) is 59.8 Å².